The Hall–Kier alpha value is -1.67. The van der Waals surface area contributed by atoms with Gasteiger partial charge in [0.2, 0.25) is 0 Å². The Morgan fingerprint density at radius 2 is 1.38 bits per heavy atom. The van der Waals surface area contributed by atoms with E-state index in [4.69, 9.17) is 46.4 Å². The van der Waals surface area contributed by atoms with Crippen LogP contribution >= 0.6 is 46.4 Å². The van der Waals surface area contributed by atoms with E-state index >= 15 is 0 Å². The Labute approximate surface area is 186 Å². The van der Waals surface area contributed by atoms with Crippen LogP contribution in [-0.2, 0) is 14.9 Å². The predicted octanol–water partition coefficient (Wildman–Crippen LogP) is 5.89. The highest BCUT2D eigenvalue weighted by molar-refractivity contribution is 7.87. The molecule has 0 aliphatic heterocycles. The molecule has 29 heavy (non-hydrogen) atoms. The van der Waals surface area contributed by atoms with Crippen molar-refractivity contribution in [1.82, 2.24) is 0 Å². The molecule has 0 aliphatic carbocycles. The van der Waals surface area contributed by atoms with Crippen molar-refractivity contribution in [3.05, 3.63) is 91.4 Å². The third kappa shape index (κ3) is 3.54. The summed E-state index contributed by atoms with van der Waals surface area (Å²) in [5.74, 6) is -0.660. The van der Waals surface area contributed by atoms with Crippen molar-refractivity contribution in [2.45, 2.75) is 4.75 Å². The normalized spacial score (nSPS) is 13.8. The molecule has 0 saturated carbocycles. The average Bonchev–Trinajstić information content (AvgIpc) is 2.64. The minimum Gasteiger partial charge on any atom is -0.508 e. The minimum atomic E-state index is -5.11. The largest absolute Gasteiger partial charge is 0.508 e. The Balaban J connectivity index is 2.63. The second-order valence-corrected chi connectivity index (χ2v) is 9.19. The van der Waals surface area contributed by atoms with Crippen molar-refractivity contribution >= 4 is 56.5 Å². The molecular weight excluding hydrogens is 482 g/mol. The molecule has 152 valence electrons. The molecule has 0 spiro atoms. The van der Waals surface area contributed by atoms with Gasteiger partial charge in [0.25, 0.3) is 10.1 Å². The number of hydrogen-bond acceptors (Lipinski definition) is 4. The number of halogens is 4. The van der Waals surface area contributed by atoms with Gasteiger partial charge in [-0.1, -0.05) is 70.7 Å². The predicted molar refractivity (Wildman–Crippen MR) is 114 cm³/mol. The zero-order chi connectivity index (χ0) is 21.6. The molecular formula is C19H12Cl4O5S. The first-order valence-electron chi connectivity index (χ1n) is 7.90. The Morgan fingerprint density at radius 3 is 1.93 bits per heavy atom. The van der Waals surface area contributed by atoms with E-state index in [0.717, 1.165) is 0 Å². The number of rotatable bonds is 4. The maximum absolute atomic E-state index is 13.0. The molecule has 0 aromatic heterocycles. The Morgan fingerprint density at radius 1 is 0.759 bits per heavy atom. The van der Waals surface area contributed by atoms with Gasteiger partial charge in [-0.05, 0) is 35.9 Å². The van der Waals surface area contributed by atoms with Crippen LogP contribution in [0.15, 0.2) is 54.6 Å². The van der Waals surface area contributed by atoms with Gasteiger partial charge in [0.05, 0.1) is 15.1 Å². The first kappa shape index (κ1) is 22.0. The lowest BCUT2D eigenvalue weighted by Crippen LogP contribution is -2.39. The molecule has 0 heterocycles. The minimum absolute atomic E-state index is 0.0542. The fourth-order valence-corrected chi connectivity index (χ4v) is 5.66. The van der Waals surface area contributed by atoms with Gasteiger partial charge in [-0.15, -0.1) is 0 Å². The maximum Gasteiger partial charge on any atom is 0.283 e. The number of hydrogen-bond donors (Lipinski definition) is 3. The van der Waals surface area contributed by atoms with Crippen LogP contribution in [0.1, 0.15) is 16.7 Å². The third-order valence-corrected chi connectivity index (χ3v) is 7.46. The number of benzene rings is 3. The van der Waals surface area contributed by atoms with Crippen molar-refractivity contribution in [2.75, 3.05) is 0 Å². The van der Waals surface area contributed by atoms with Crippen molar-refractivity contribution in [3.63, 3.8) is 0 Å². The molecule has 0 amide bonds. The Kier molecular flexibility index (Phi) is 5.98. The molecule has 3 aromatic rings. The lowest BCUT2D eigenvalue weighted by Gasteiger charge is -2.34. The van der Waals surface area contributed by atoms with Crippen LogP contribution < -0.4 is 0 Å². The summed E-state index contributed by atoms with van der Waals surface area (Å²) in [6, 6.07) is 11.5. The number of phenols is 2. The molecule has 1 atom stereocenters. The number of phenolic OH excluding ortho intramolecular Hbond substituents is 2. The fraction of sp³-hybridized carbons (Fsp3) is 0.0526. The van der Waals surface area contributed by atoms with Crippen LogP contribution in [0.5, 0.6) is 11.5 Å². The van der Waals surface area contributed by atoms with Crippen molar-refractivity contribution in [2.24, 2.45) is 0 Å². The second-order valence-electron chi connectivity index (χ2n) is 6.06. The van der Waals surface area contributed by atoms with Crippen LogP contribution in [-0.4, -0.2) is 23.2 Å². The van der Waals surface area contributed by atoms with E-state index < -0.39 is 20.6 Å². The van der Waals surface area contributed by atoms with Gasteiger partial charge in [0.1, 0.15) is 11.5 Å². The molecule has 5 nitrogen and oxygen atoms in total. The van der Waals surface area contributed by atoms with Crippen LogP contribution in [0, 0.1) is 0 Å². The first-order valence-corrected chi connectivity index (χ1v) is 10.9. The molecule has 0 bridgehead atoms. The molecule has 0 aliphatic rings. The monoisotopic (exact) mass is 492 g/mol. The maximum atomic E-state index is 13.0. The van der Waals surface area contributed by atoms with Crippen LogP contribution in [0.2, 0.25) is 20.1 Å². The van der Waals surface area contributed by atoms with Crippen LogP contribution in [0.3, 0.4) is 0 Å². The summed E-state index contributed by atoms with van der Waals surface area (Å²) < 4.78 is 34.0. The summed E-state index contributed by atoms with van der Waals surface area (Å²) in [6.07, 6.45) is 0. The zero-order valence-electron chi connectivity index (χ0n) is 14.3. The molecule has 0 fully saturated rings. The molecule has 3 rings (SSSR count). The van der Waals surface area contributed by atoms with Gasteiger partial charge < -0.3 is 10.2 Å². The van der Waals surface area contributed by atoms with Crippen molar-refractivity contribution in [1.29, 1.82) is 0 Å². The van der Waals surface area contributed by atoms with Crippen LogP contribution in [0.4, 0.5) is 0 Å². The summed E-state index contributed by atoms with van der Waals surface area (Å²) in [7, 11) is -5.11. The van der Waals surface area contributed by atoms with Gasteiger partial charge in [-0.2, -0.15) is 8.42 Å². The summed E-state index contributed by atoms with van der Waals surface area (Å²) >= 11 is 24.8. The van der Waals surface area contributed by atoms with E-state index in [1.54, 1.807) is 0 Å². The summed E-state index contributed by atoms with van der Waals surface area (Å²) in [6.45, 7) is 0. The van der Waals surface area contributed by atoms with Gasteiger partial charge in [0, 0.05) is 16.1 Å². The average molecular weight is 494 g/mol. The summed E-state index contributed by atoms with van der Waals surface area (Å²) in [5, 5.41) is 19.7. The molecule has 1 unspecified atom stereocenters. The molecule has 0 saturated heterocycles. The van der Waals surface area contributed by atoms with Gasteiger partial charge >= 0.3 is 0 Å². The van der Waals surface area contributed by atoms with Crippen LogP contribution in [0.25, 0.3) is 0 Å². The highest BCUT2D eigenvalue weighted by Gasteiger charge is 2.52. The SMILES string of the molecule is O=S(=O)(O)C(c1ccc(O)cc1)(c1ccc(Cl)c(Cl)c1Cl)c1c(O)cccc1Cl. The van der Waals surface area contributed by atoms with Crippen molar-refractivity contribution in [3.8, 4) is 11.5 Å². The van der Waals surface area contributed by atoms with E-state index in [-0.39, 0.29) is 42.5 Å². The molecule has 3 aromatic carbocycles. The topological polar surface area (TPSA) is 94.8 Å². The van der Waals surface area contributed by atoms with E-state index in [2.05, 4.69) is 0 Å². The van der Waals surface area contributed by atoms with E-state index in [9.17, 15) is 23.2 Å². The summed E-state index contributed by atoms with van der Waals surface area (Å²) in [4.78, 5) is 0. The quantitative estimate of drug-likeness (QED) is 0.239. The fourth-order valence-electron chi connectivity index (χ4n) is 3.21. The highest BCUT2D eigenvalue weighted by Crippen LogP contribution is 2.53. The lowest BCUT2D eigenvalue weighted by molar-refractivity contribution is 0.440. The first-order chi connectivity index (χ1) is 13.5. The van der Waals surface area contributed by atoms with E-state index in [1.807, 2.05) is 0 Å². The smallest absolute Gasteiger partial charge is 0.283 e. The van der Waals surface area contributed by atoms with E-state index in [0.29, 0.717) is 0 Å². The molecule has 0 radical (unpaired) electrons. The van der Waals surface area contributed by atoms with Gasteiger partial charge in [0.15, 0.2) is 4.75 Å². The highest BCUT2D eigenvalue weighted by atomic mass is 35.5. The third-order valence-electron chi connectivity index (χ3n) is 4.42. The Bertz CT molecular complexity index is 1180. The van der Waals surface area contributed by atoms with E-state index in [1.165, 1.54) is 54.6 Å². The zero-order valence-corrected chi connectivity index (χ0v) is 18.1. The lowest BCUT2D eigenvalue weighted by atomic mass is 9.83. The standard InChI is InChI=1S/C19H12Cl4O5S/c20-13-2-1-3-15(25)16(13)19(29(26,27)28,10-4-6-11(24)7-5-10)12-8-9-14(21)18(23)17(12)22/h1-9,24-25H,(H,26,27,28). The summed E-state index contributed by atoms with van der Waals surface area (Å²) in [5.41, 5.74) is -0.582. The molecule has 10 heteroatoms. The molecule has 3 N–H and O–H groups in total. The van der Waals surface area contributed by atoms with Gasteiger partial charge in [-0.3, -0.25) is 4.55 Å². The number of aromatic hydroxyl groups is 2. The second kappa shape index (κ2) is 7.87. The van der Waals surface area contributed by atoms with Gasteiger partial charge in [-0.25, -0.2) is 0 Å². The van der Waals surface area contributed by atoms with Crippen molar-refractivity contribution < 1.29 is 23.2 Å².